The first kappa shape index (κ1) is 14.8. The predicted molar refractivity (Wildman–Crippen MR) is 83.5 cm³/mol. The first-order chi connectivity index (χ1) is 8.67. The normalized spacial score (nSPS) is 23.2. The molecule has 0 aromatic carbocycles. The van der Waals surface area contributed by atoms with Gasteiger partial charge in [-0.3, -0.25) is 4.90 Å². The maximum Gasteiger partial charge on any atom is 0.107 e. The van der Waals surface area contributed by atoms with Gasteiger partial charge in [0.1, 0.15) is 4.34 Å². The van der Waals surface area contributed by atoms with E-state index in [0.717, 1.165) is 15.4 Å². The van der Waals surface area contributed by atoms with Gasteiger partial charge in [0, 0.05) is 21.9 Å². The fraction of sp³-hybridized carbons (Fsp3) is 0.692. The van der Waals surface area contributed by atoms with Crippen LogP contribution in [0.2, 0.25) is 4.34 Å². The molecule has 0 amide bonds. The highest BCUT2D eigenvalue weighted by molar-refractivity contribution is 9.10. The predicted octanol–water partition coefficient (Wildman–Crippen LogP) is 4.43. The monoisotopic (exact) mass is 350 g/mol. The first-order valence-corrected chi connectivity index (χ1v) is 8.56. The Morgan fingerprint density at radius 1 is 1.61 bits per heavy atom. The highest BCUT2D eigenvalue weighted by Gasteiger charge is 2.29. The molecule has 0 aliphatic carbocycles. The fourth-order valence-electron chi connectivity index (χ4n) is 2.81. The average Bonchev–Trinajstić information content (AvgIpc) is 2.71. The summed E-state index contributed by atoms with van der Waals surface area (Å²) in [6, 6.07) is 3.13. The molecule has 1 aliphatic heterocycles. The molecule has 1 aromatic rings. The third-order valence-electron chi connectivity index (χ3n) is 3.76. The molecule has 0 radical (unpaired) electrons. The van der Waals surface area contributed by atoms with Crippen molar-refractivity contribution in [1.29, 1.82) is 0 Å². The Balaban J connectivity index is 2.21. The van der Waals surface area contributed by atoms with E-state index in [1.165, 1.54) is 30.6 Å². The van der Waals surface area contributed by atoms with Crippen LogP contribution < -0.4 is 5.73 Å². The molecule has 1 aromatic heterocycles. The van der Waals surface area contributed by atoms with Crippen molar-refractivity contribution in [3.8, 4) is 0 Å². The Morgan fingerprint density at radius 3 is 2.94 bits per heavy atom. The molecule has 1 aliphatic rings. The van der Waals surface area contributed by atoms with Crippen LogP contribution in [0.3, 0.4) is 0 Å². The van der Waals surface area contributed by atoms with Gasteiger partial charge in [-0.05, 0) is 47.8 Å². The second-order valence-electron chi connectivity index (χ2n) is 4.82. The minimum absolute atomic E-state index is 0.323. The van der Waals surface area contributed by atoms with Crippen LogP contribution in [0.15, 0.2) is 10.5 Å². The van der Waals surface area contributed by atoms with Crippen molar-refractivity contribution in [1.82, 2.24) is 4.90 Å². The lowest BCUT2D eigenvalue weighted by molar-refractivity contribution is 0.0966. The standard InChI is InChI=1S/C13H20BrClN2S/c1-2-9-5-3-4-6-17(9)11(8-16)12-7-10(14)13(15)18-12/h7,9,11H,2-6,8,16H2,1H3. The Labute approximate surface area is 127 Å². The van der Waals surface area contributed by atoms with E-state index in [2.05, 4.69) is 33.8 Å². The average molecular weight is 352 g/mol. The quantitative estimate of drug-likeness (QED) is 0.869. The van der Waals surface area contributed by atoms with Crippen LogP contribution in [0.25, 0.3) is 0 Å². The fourth-order valence-corrected chi connectivity index (χ4v) is 4.68. The van der Waals surface area contributed by atoms with Crippen molar-refractivity contribution in [3.05, 3.63) is 19.8 Å². The minimum atomic E-state index is 0.323. The van der Waals surface area contributed by atoms with E-state index in [0.29, 0.717) is 18.6 Å². The summed E-state index contributed by atoms with van der Waals surface area (Å²) in [4.78, 5) is 3.87. The second kappa shape index (κ2) is 6.71. The summed E-state index contributed by atoms with van der Waals surface area (Å²) < 4.78 is 1.82. The molecule has 2 heterocycles. The van der Waals surface area contributed by atoms with Gasteiger partial charge >= 0.3 is 0 Å². The molecule has 2 atom stereocenters. The number of likely N-dealkylation sites (tertiary alicyclic amines) is 1. The zero-order valence-corrected chi connectivity index (χ0v) is 13.8. The van der Waals surface area contributed by atoms with Crippen LogP contribution in [0.4, 0.5) is 0 Å². The topological polar surface area (TPSA) is 29.3 Å². The lowest BCUT2D eigenvalue weighted by atomic mass is 9.97. The van der Waals surface area contributed by atoms with Crippen molar-refractivity contribution >= 4 is 38.9 Å². The summed E-state index contributed by atoms with van der Waals surface area (Å²) in [5, 5.41) is 0. The van der Waals surface area contributed by atoms with Gasteiger partial charge in [-0.2, -0.15) is 0 Å². The SMILES string of the molecule is CCC1CCCCN1C(CN)c1cc(Br)c(Cl)s1. The van der Waals surface area contributed by atoms with E-state index in [4.69, 9.17) is 17.3 Å². The second-order valence-corrected chi connectivity index (χ2v) is 7.36. The van der Waals surface area contributed by atoms with Gasteiger partial charge < -0.3 is 5.73 Å². The zero-order chi connectivity index (χ0) is 13.1. The van der Waals surface area contributed by atoms with Gasteiger partial charge in [-0.25, -0.2) is 0 Å². The van der Waals surface area contributed by atoms with Crippen LogP contribution in [0, 0.1) is 0 Å². The van der Waals surface area contributed by atoms with Gasteiger partial charge in [0.2, 0.25) is 0 Å². The van der Waals surface area contributed by atoms with Crippen LogP contribution in [0.1, 0.15) is 43.5 Å². The van der Waals surface area contributed by atoms with Crippen molar-refractivity contribution in [3.63, 3.8) is 0 Å². The van der Waals surface area contributed by atoms with Crippen molar-refractivity contribution in [2.24, 2.45) is 5.73 Å². The molecule has 1 fully saturated rings. The number of piperidine rings is 1. The highest BCUT2D eigenvalue weighted by Crippen LogP contribution is 2.38. The largest absolute Gasteiger partial charge is 0.329 e. The number of nitrogens with zero attached hydrogens (tertiary/aromatic N) is 1. The third-order valence-corrected chi connectivity index (χ3v) is 6.34. The summed E-state index contributed by atoms with van der Waals surface area (Å²) in [5.74, 6) is 0. The summed E-state index contributed by atoms with van der Waals surface area (Å²) in [5.41, 5.74) is 6.02. The molecule has 0 saturated carbocycles. The number of thiophene rings is 1. The van der Waals surface area contributed by atoms with E-state index in [-0.39, 0.29) is 0 Å². The van der Waals surface area contributed by atoms with Crippen molar-refractivity contribution in [2.45, 2.75) is 44.7 Å². The van der Waals surface area contributed by atoms with Crippen LogP contribution in [-0.2, 0) is 0 Å². The molecular formula is C13H20BrClN2S. The Morgan fingerprint density at radius 2 is 2.39 bits per heavy atom. The molecule has 0 bridgehead atoms. The number of rotatable bonds is 4. The van der Waals surface area contributed by atoms with Crippen LogP contribution in [0.5, 0.6) is 0 Å². The van der Waals surface area contributed by atoms with E-state index in [1.54, 1.807) is 11.3 Å². The third kappa shape index (κ3) is 3.10. The molecule has 2 N–H and O–H groups in total. The summed E-state index contributed by atoms with van der Waals surface area (Å²) in [6.07, 6.45) is 5.14. The molecule has 5 heteroatoms. The lowest BCUT2D eigenvalue weighted by Crippen LogP contribution is -2.43. The van der Waals surface area contributed by atoms with Gasteiger partial charge in [-0.1, -0.05) is 24.9 Å². The van der Waals surface area contributed by atoms with Crippen molar-refractivity contribution in [2.75, 3.05) is 13.1 Å². The molecule has 1 saturated heterocycles. The van der Waals surface area contributed by atoms with Crippen molar-refractivity contribution < 1.29 is 0 Å². The number of halogens is 2. The number of hydrogen-bond donors (Lipinski definition) is 1. The Hall–Kier alpha value is 0.390. The summed E-state index contributed by atoms with van der Waals surface area (Å²) >= 11 is 11.3. The van der Waals surface area contributed by atoms with Crippen LogP contribution in [-0.4, -0.2) is 24.0 Å². The van der Waals surface area contributed by atoms with Gasteiger partial charge in [-0.15, -0.1) is 11.3 Å². The van der Waals surface area contributed by atoms with Gasteiger partial charge in [0.15, 0.2) is 0 Å². The number of hydrogen-bond acceptors (Lipinski definition) is 3. The van der Waals surface area contributed by atoms with E-state index >= 15 is 0 Å². The maximum atomic E-state index is 6.15. The Bertz CT molecular complexity index is 377. The molecule has 0 spiro atoms. The zero-order valence-electron chi connectivity index (χ0n) is 10.7. The highest BCUT2D eigenvalue weighted by atomic mass is 79.9. The smallest absolute Gasteiger partial charge is 0.107 e. The van der Waals surface area contributed by atoms with E-state index < -0.39 is 0 Å². The Kier molecular flexibility index (Phi) is 5.51. The lowest BCUT2D eigenvalue weighted by Gasteiger charge is -2.40. The molecule has 102 valence electrons. The number of nitrogens with two attached hydrogens (primary N) is 1. The minimum Gasteiger partial charge on any atom is -0.329 e. The molecule has 2 rings (SSSR count). The molecular weight excluding hydrogens is 332 g/mol. The summed E-state index contributed by atoms with van der Waals surface area (Å²) in [7, 11) is 0. The molecule has 18 heavy (non-hydrogen) atoms. The van der Waals surface area contributed by atoms with E-state index in [9.17, 15) is 0 Å². The van der Waals surface area contributed by atoms with Crippen LogP contribution >= 0.6 is 38.9 Å². The summed E-state index contributed by atoms with van der Waals surface area (Å²) in [6.45, 7) is 4.10. The molecule has 2 nitrogen and oxygen atoms in total. The van der Waals surface area contributed by atoms with Gasteiger partial charge in [0.25, 0.3) is 0 Å². The van der Waals surface area contributed by atoms with Gasteiger partial charge in [0.05, 0.1) is 6.04 Å². The first-order valence-electron chi connectivity index (χ1n) is 6.57. The van der Waals surface area contributed by atoms with E-state index in [1.807, 2.05) is 0 Å². The maximum absolute atomic E-state index is 6.15. The molecule has 2 unspecified atom stereocenters.